The van der Waals surface area contributed by atoms with Crippen molar-refractivity contribution in [1.82, 2.24) is 15.2 Å². The number of ether oxygens (including phenoxy) is 3. The fraction of sp³-hybridized carbons (Fsp3) is 0.419. The molecule has 1 N–H and O–H groups in total. The summed E-state index contributed by atoms with van der Waals surface area (Å²) < 4.78 is 44.2. The fourth-order valence-corrected chi connectivity index (χ4v) is 6.87. The normalized spacial score (nSPS) is 19.6. The van der Waals surface area contributed by atoms with Crippen LogP contribution >= 0.6 is 22.9 Å². The first-order chi connectivity index (χ1) is 20.3. The molecule has 3 aliphatic rings. The van der Waals surface area contributed by atoms with Gasteiger partial charge < -0.3 is 24.4 Å². The van der Waals surface area contributed by atoms with Crippen LogP contribution in [0.5, 0.6) is 16.7 Å². The summed E-state index contributed by atoms with van der Waals surface area (Å²) >= 11 is 7.20. The van der Waals surface area contributed by atoms with E-state index in [0.717, 1.165) is 77.1 Å². The number of aromatic nitrogens is 1. The van der Waals surface area contributed by atoms with Crippen molar-refractivity contribution in [3.8, 4) is 16.7 Å². The SMILES string of the molecule is COc1cccc(CN(C(=O)C2=C(c3cnc(OCCOc4c(F)ccc(F)c4Cl)s3)CC3CCC2N3)C2CC2)c1C. The Hall–Kier alpha value is -3.21. The number of carbonyl (C=O) groups is 1. The predicted octanol–water partition coefficient (Wildman–Crippen LogP) is 6.32. The van der Waals surface area contributed by atoms with E-state index in [4.69, 9.17) is 25.8 Å². The summed E-state index contributed by atoms with van der Waals surface area (Å²) in [7, 11) is 1.66. The van der Waals surface area contributed by atoms with Crippen LogP contribution < -0.4 is 19.5 Å². The zero-order valence-electron chi connectivity index (χ0n) is 23.4. The van der Waals surface area contributed by atoms with E-state index in [1.54, 1.807) is 13.3 Å². The van der Waals surface area contributed by atoms with E-state index >= 15 is 0 Å². The Morgan fingerprint density at radius 1 is 1.12 bits per heavy atom. The molecule has 2 aromatic carbocycles. The molecule has 0 radical (unpaired) electrons. The van der Waals surface area contributed by atoms with E-state index in [2.05, 4.69) is 16.4 Å². The van der Waals surface area contributed by atoms with Crippen LogP contribution in [0.4, 0.5) is 8.78 Å². The van der Waals surface area contributed by atoms with Crippen LogP contribution in [0.2, 0.25) is 5.02 Å². The lowest BCUT2D eigenvalue weighted by Gasteiger charge is -2.32. The Labute approximate surface area is 252 Å². The Morgan fingerprint density at radius 2 is 1.90 bits per heavy atom. The van der Waals surface area contributed by atoms with Gasteiger partial charge in [-0.2, -0.15) is 0 Å². The van der Waals surface area contributed by atoms with Gasteiger partial charge in [-0.05, 0) is 73.9 Å². The van der Waals surface area contributed by atoms with Crippen LogP contribution in [0.1, 0.15) is 48.1 Å². The lowest BCUT2D eigenvalue weighted by atomic mass is 9.92. The van der Waals surface area contributed by atoms with E-state index in [-0.39, 0.29) is 37.0 Å². The molecule has 2 aliphatic heterocycles. The molecule has 1 saturated heterocycles. The minimum Gasteiger partial charge on any atom is -0.496 e. The average molecular weight is 616 g/mol. The third-order valence-electron chi connectivity index (χ3n) is 8.14. The van der Waals surface area contributed by atoms with Gasteiger partial charge in [0.2, 0.25) is 0 Å². The Morgan fingerprint density at radius 3 is 2.69 bits per heavy atom. The number of carbonyl (C=O) groups excluding carboxylic acids is 1. The molecule has 1 aliphatic carbocycles. The van der Waals surface area contributed by atoms with Gasteiger partial charge in [-0.25, -0.2) is 13.8 Å². The van der Waals surface area contributed by atoms with E-state index < -0.39 is 16.7 Å². The highest BCUT2D eigenvalue weighted by atomic mass is 35.5. The number of thiazole rings is 1. The molecule has 2 bridgehead atoms. The Balaban J connectivity index is 1.20. The summed E-state index contributed by atoms with van der Waals surface area (Å²) in [4.78, 5) is 21.7. The van der Waals surface area contributed by atoms with Crippen molar-refractivity contribution in [2.45, 2.75) is 63.7 Å². The molecule has 0 spiro atoms. The molecule has 7 nitrogen and oxygen atoms in total. The molecular formula is C31H32ClF2N3O4S. The lowest BCUT2D eigenvalue weighted by molar-refractivity contribution is -0.128. The number of nitrogens with zero attached hydrogens (tertiary/aromatic N) is 2. The van der Waals surface area contributed by atoms with E-state index in [9.17, 15) is 13.6 Å². The van der Waals surface area contributed by atoms with Crippen molar-refractivity contribution < 1.29 is 27.8 Å². The highest BCUT2D eigenvalue weighted by Crippen LogP contribution is 2.42. The summed E-state index contributed by atoms with van der Waals surface area (Å²) in [6.07, 6.45) is 6.45. The van der Waals surface area contributed by atoms with Crippen molar-refractivity contribution in [2.75, 3.05) is 20.3 Å². The van der Waals surface area contributed by atoms with E-state index in [1.807, 2.05) is 24.0 Å². The molecule has 42 heavy (non-hydrogen) atoms. The van der Waals surface area contributed by atoms with Gasteiger partial charge in [-0.15, -0.1) is 0 Å². The summed E-state index contributed by atoms with van der Waals surface area (Å²) in [5, 5.41) is 3.66. The minimum absolute atomic E-state index is 0.00434. The van der Waals surface area contributed by atoms with Crippen LogP contribution in [0.3, 0.4) is 0 Å². The van der Waals surface area contributed by atoms with Crippen molar-refractivity contribution in [3.05, 3.63) is 74.8 Å². The topological polar surface area (TPSA) is 72.9 Å². The second-order valence-corrected chi connectivity index (χ2v) is 12.2. The van der Waals surface area contributed by atoms with Crippen LogP contribution in [0.25, 0.3) is 5.57 Å². The predicted molar refractivity (Wildman–Crippen MR) is 157 cm³/mol. The van der Waals surface area contributed by atoms with E-state index in [1.165, 1.54) is 11.3 Å². The molecule has 1 aromatic heterocycles. The maximum absolute atomic E-state index is 14.3. The monoisotopic (exact) mass is 615 g/mol. The zero-order chi connectivity index (χ0) is 29.4. The molecule has 2 unspecified atom stereocenters. The first kappa shape index (κ1) is 28.9. The smallest absolute Gasteiger partial charge is 0.273 e. The highest BCUT2D eigenvalue weighted by molar-refractivity contribution is 7.14. The van der Waals surface area contributed by atoms with Crippen LogP contribution in [0, 0.1) is 18.6 Å². The van der Waals surface area contributed by atoms with E-state index in [0.29, 0.717) is 17.8 Å². The number of benzene rings is 2. The van der Waals surface area contributed by atoms with Crippen molar-refractivity contribution in [3.63, 3.8) is 0 Å². The van der Waals surface area contributed by atoms with Crippen molar-refractivity contribution in [1.29, 1.82) is 0 Å². The maximum Gasteiger partial charge on any atom is 0.273 e. The molecule has 2 atom stereocenters. The molecular weight excluding hydrogens is 584 g/mol. The van der Waals surface area contributed by atoms with Gasteiger partial charge in [0.25, 0.3) is 11.1 Å². The van der Waals surface area contributed by atoms with Crippen LogP contribution in [-0.4, -0.2) is 54.2 Å². The molecule has 6 rings (SSSR count). The van der Waals surface area contributed by atoms with Crippen molar-refractivity contribution >= 4 is 34.4 Å². The van der Waals surface area contributed by atoms with Crippen LogP contribution in [-0.2, 0) is 11.3 Å². The number of amides is 1. The van der Waals surface area contributed by atoms with Crippen LogP contribution in [0.15, 0.2) is 42.1 Å². The Kier molecular flexibility index (Phi) is 8.38. The molecule has 3 aromatic rings. The second-order valence-electron chi connectivity index (χ2n) is 10.9. The number of rotatable bonds is 11. The molecule has 1 saturated carbocycles. The number of hydrogen-bond acceptors (Lipinski definition) is 7. The minimum atomic E-state index is -0.757. The highest BCUT2D eigenvalue weighted by Gasteiger charge is 2.42. The van der Waals surface area contributed by atoms with Gasteiger partial charge in [0.1, 0.15) is 29.8 Å². The lowest BCUT2D eigenvalue weighted by Crippen LogP contribution is -2.44. The molecule has 3 heterocycles. The summed E-state index contributed by atoms with van der Waals surface area (Å²) in [6.45, 7) is 2.58. The number of methoxy groups -OCH3 is 1. The largest absolute Gasteiger partial charge is 0.496 e. The molecule has 1 amide bonds. The summed E-state index contributed by atoms with van der Waals surface area (Å²) in [6, 6.07) is 8.44. The van der Waals surface area contributed by atoms with Gasteiger partial charge >= 0.3 is 0 Å². The van der Waals surface area contributed by atoms with Gasteiger partial charge in [-0.3, -0.25) is 4.79 Å². The zero-order valence-corrected chi connectivity index (χ0v) is 25.0. The summed E-state index contributed by atoms with van der Waals surface area (Å²) in [5.74, 6) is -0.953. The summed E-state index contributed by atoms with van der Waals surface area (Å²) in [5.41, 5.74) is 3.98. The number of hydrogen-bond donors (Lipinski definition) is 1. The third kappa shape index (κ3) is 5.85. The van der Waals surface area contributed by atoms with Gasteiger partial charge in [0, 0.05) is 36.4 Å². The molecule has 11 heteroatoms. The van der Waals surface area contributed by atoms with Gasteiger partial charge in [0.05, 0.1) is 12.0 Å². The quantitative estimate of drug-likeness (QED) is 0.201. The standard InChI is InChI=1S/C31H32ClF2N3O4S/c1-17-18(4-3-5-25(17)39-2)16-37(20-7-8-20)30(38)27-21(14-19-6-11-24(27)36-19)26-15-35-31(42-26)41-13-12-40-29-23(34)10-9-22(33)28(29)32/h3-5,9-10,15,19-20,24,36H,6-8,11-14,16H2,1-2H3. The number of halogens is 3. The van der Waals surface area contributed by atoms with Gasteiger partial charge in [0.15, 0.2) is 11.6 Å². The average Bonchev–Trinajstić information content (AvgIpc) is 3.60. The number of fused-ring (bicyclic) bond motifs is 2. The van der Waals surface area contributed by atoms with Gasteiger partial charge in [-0.1, -0.05) is 35.1 Å². The molecule has 2 fully saturated rings. The Bertz CT molecular complexity index is 1530. The maximum atomic E-state index is 14.3. The van der Waals surface area contributed by atoms with Crippen molar-refractivity contribution in [2.24, 2.45) is 0 Å². The second kappa shape index (κ2) is 12.2. The number of nitrogens with one attached hydrogen (secondary N) is 1. The first-order valence-corrected chi connectivity index (χ1v) is 15.3. The third-order valence-corrected chi connectivity index (χ3v) is 9.46. The first-order valence-electron chi connectivity index (χ1n) is 14.1. The fourth-order valence-electron chi connectivity index (χ4n) is 5.81. The molecule has 222 valence electrons.